The molecular formula is C33H39N3O4. The van der Waals surface area contributed by atoms with Gasteiger partial charge in [-0.25, -0.2) is 10.4 Å². The smallest absolute Gasteiger partial charge is 0.266 e. The molecule has 3 aromatic rings. The number of rotatable bonds is 15. The van der Waals surface area contributed by atoms with Gasteiger partial charge in [0, 0.05) is 31.6 Å². The van der Waals surface area contributed by atoms with Crippen LogP contribution < -0.4 is 15.6 Å². The number of amides is 1. The van der Waals surface area contributed by atoms with Gasteiger partial charge in [0.25, 0.3) is 5.91 Å². The van der Waals surface area contributed by atoms with Gasteiger partial charge >= 0.3 is 0 Å². The summed E-state index contributed by atoms with van der Waals surface area (Å²) in [6.45, 7) is 7.27. The van der Waals surface area contributed by atoms with Crippen LogP contribution in [0.4, 0.5) is 0 Å². The van der Waals surface area contributed by atoms with E-state index in [0.717, 1.165) is 41.5 Å². The average molecular weight is 542 g/mol. The number of benzene rings is 3. The van der Waals surface area contributed by atoms with Gasteiger partial charge in [-0.3, -0.25) is 10.2 Å². The summed E-state index contributed by atoms with van der Waals surface area (Å²) in [7, 11) is 0. The number of ether oxygens (including phenoxy) is 2. The molecule has 0 bridgehead atoms. The van der Waals surface area contributed by atoms with Crippen LogP contribution in [-0.4, -0.2) is 42.2 Å². The van der Waals surface area contributed by atoms with Crippen LogP contribution >= 0.6 is 0 Å². The molecule has 40 heavy (non-hydrogen) atoms. The lowest BCUT2D eigenvalue weighted by atomic mass is 9.84. The fourth-order valence-corrected chi connectivity index (χ4v) is 4.73. The van der Waals surface area contributed by atoms with E-state index < -0.39 is 11.6 Å². The molecule has 0 aliphatic carbocycles. The Morgan fingerprint density at radius 2 is 1.70 bits per heavy atom. The molecular weight excluding hydrogens is 502 g/mol. The van der Waals surface area contributed by atoms with E-state index in [1.807, 2.05) is 66.7 Å². The molecule has 7 nitrogen and oxygen atoms in total. The van der Waals surface area contributed by atoms with Gasteiger partial charge in [-0.1, -0.05) is 80.4 Å². The van der Waals surface area contributed by atoms with Crippen molar-refractivity contribution < 1.29 is 19.4 Å². The van der Waals surface area contributed by atoms with Crippen molar-refractivity contribution in [3.05, 3.63) is 103 Å². The maximum atomic E-state index is 13.8. The quantitative estimate of drug-likeness (QED) is 0.129. The minimum atomic E-state index is -1.24. The van der Waals surface area contributed by atoms with E-state index in [1.165, 1.54) is 0 Å². The molecule has 0 saturated heterocycles. The Hall–Kier alpha value is -3.94. The topological polar surface area (TPSA) is 92.2 Å². The van der Waals surface area contributed by atoms with Crippen LogP contribution in [0, 0.1) is 0 Å². The first-order valence-corrected chi connectivity index (χ1v) is 14.0. The third kappa shape index (κ3) is 6.97. The van der Waals surface area contributed by atoms with Crippen LogP contribution in [0.1, 0.15) is 56.3 Å². The first-order chi connectivity index (χ1) is 19.6. The first kappa shape index (κ1) is 29.1. The van der Waals surface area contributed by atoms with Crippen LogP contribution in [0.25, 0.3) is 11.1 Å². The zero-order chi connectivity index (χ0) is 28.2. The molecule has 210 valence electrons. The molecule has 7 heteroatoms. The SMILES string of the molecule is C=CC[C@]1(C(=O)NNCCCCC)N=C(c2ccc(OCCCO)cc2)O[C@H]1c1ccc(-c2ccccc2)cc1. The van der Waals surface area contributed by atoms with Crippen LogP contribution in [0.15, 0.2) is 96.5 Å². The standard InChI is InChI=1S/C33H39N3O4/c1-3-5-9-22-34-36-32(38)33(21-4-2)30(27-15-13-26(14-16-27)25-11-7-6-8-12-25)40-31(35-33)28-17-19-29(20-18-28)39-24-10-23-37/h4,6-8,11-20,30,34,37H,2-3,5,9-10,21-24H2,1H3,(H,36,38)/t30-,33-/m0/s1. The summed E-state index contributed by atoms with van der Waals surface area (Å²) < 4.78 is 12.2. The van der Waals surface area contributed by atoms with Crippen LogP contribution in [0.3, 0.4) is 0 Å². The molecule has 1 amide bonds. The number of hydrogen-bond acceptors (Lipinski definition) is 6. The Morgan fingerprint density at radius 1 is 1.00 bits per heavy atom. The third-order valence-electron chi connectivity index (χ3n) is 6.91. The third-order valence-corrected chi connectivity index (χ3v) is 6.91. The van der Waals surface area contributed by atoms with E-state index in [2.05, 4.69) is 36.5 Å². The van der Waals surface area contributed by atoms with Crippen LogP contribution in [0.2, 0.25) is 0 Å². The lowest BCUT2D eigenvalue weighted by molar-refractivity contribution is -0.129. The fourth-order valence-electron chi connectivity index (χ4n) is 4.73. The van der Waals surface area contributed by atoms with Crippen molar-refractivity contribution in [1.82, 2.24) is 10.9 Å². The summed E-state index contributed by atoms with van der Waals surface area (Å²) in [6, 6.07) is 25.7. The van der Waals surface area contributed by atoms with Gasteiger partial charge in [0.15, 0.2) is 11.6 Å². The number of hydrazine groups is 1. The molecule has 0 radical (unpaired) electrons. The molecule has 0 saturated carbocycles. The number of nitrogens with zero attached hydrogens (tertiary/aromatic N) is 1. The van der Waals surface area contributed by atoms with Gasteiger partial charge in [0.05, 0.1) is 6.61 Å². The predicted molar refractivity (Wildman–Crippen MR) is 159 cm³/mol. The largest absolute Gasteiger partial charge is 0.494 e. The van der Waals surface area contributed by atoms with Crippen LogP contribution in [0.5, 0.6) is 5.75 Å². The molecule has 3 N–H and O–H groups in total. The highest BCUT2D eigenvalue weighted by atomic mass is 16.5. The lowest BCUT2D eigenvalue weighted by Crippen LogP contribution is -2.52. The van der Waals surface area contributed by atoms with Gasteiger partial charge in [-0.15, -0.1) is 6.58 Å². The molecule has 2 atom stereocenters. The number of nitrogens with one attached hydrogen (secondary N) is 2. The molecule has 4 rings (SSSR count). The number of unbranched alkanes of at least 4 members (excludes halogenated alkanes) is 2. The molecule has 1 aliphatic heterocycles. The lowest BCUT2D eigenvalue weighted by Gasteiger charge is -2.29. The van der Waals surface area contributed by atoms with Crippen molar-refractivity contribution >= 4 is 11.8 Å². The first-order valence-electron chi connectivity index (χ1n) is 14.0. The Kier molecular flexibility index (Phi) is 10.5. The number of carbonyl (C=O) groups excluding carboxylic acids is 1. The second kappa shape index (κ2) is 14.4. The Bertz CT molecular complexity index is 1260. The van der Waals surface area contributed by atoms with E-state index >= 15 is 0 Å². The molecule has 0 fully saturated rings. The van der Waals surface area contributed by atoms with Gasteiger partial charge in [-0.2, -0.15) is 0 Å². The van der Waals surface area contributed by atoms with Crippen molar-refractivity contribution in [3.8, 4) is 16.9 Å². The summed E-state index contributed by atoms with van der Waals surface area (Å²) in [5.74, 6) is 0.817. The normalized spacial score (nSPS) is 18.1. The molecule has 0 unspecified atom stereocenters. The summed E-state index contributed by atoms with van der Waals surface area (Å²) in [5.41, 5.74) is 8.53. The second-order valence-corrected chi connectivity index (χ2v) is 9.86. The molecule has 0 aromatic heterocycles. The van der Waals surface area contributed by atoms with Crippen molar-refractivity contribution in [1.29, 1.82) is 0 Å². The minimum absolute atomic E-state index is 0.0807. The maximum Gasteiger partial charge on any atom is 0.266 e. The number of aliphatic hydroxyl groups excluding tert-OH is 1. The van der Waals surface area contributed by atoms with Gasteiger partial charge < -0.3 is 14.6 Å². The summed E-state index contributed by atoms with van der Waals surface area (Å²) in [6.07, 6.45) is 5.08. The van der Waals surface area contributed by atoms with Gasteiger partial charge in [-0.05, 0) is 47.4 Å². The molecule has 0 spiro atoms. The highest BCUT2D eigenvalue weighted by Crippen LogP contribution is 2.43. The fraction of sp³-hybridized carbons (Fsp3) is 0.333. The Morgan fingerprint density at radius 3 is 2.38 bits per heavy atom. The van der Waals surface area contributed by atoms with E-state index in [-0.39, 0.29) is 12.5 Å². The molecule has 1 heterocycles. The molecule has 3 aromatic carbocycles. The van der Waals surface area contributed by atoms with E-state index in [0.29, 0.717) is 37.6 Å². The minimum Gasteiger partial charge on any atom is -0.494 e. The second-order valence-electron chi connectivity index (χ2n) is 9.86. The summed E-state index contributed by atoms with van der Waals surface area (Å²) in [4.78, 5) is 18.7. The predicted octanol–water partition coefficient (Wildman–Crippen LogP) is 5.76. The van der Waals surface area contributed by atoms with Crippen molar-refractivity contribution in [2.45, 2.75) is 50.7 Å². The summed E-state index contributed by atoms with van der Waals surface area (Å²) >= 11 is 0. The van der Waals surface area contributed by atoms with Crippen molar-refractivity contribution in [2.75, 3.05) is 19.8 Å². The monoisotopic (exact) mass is 541 g/mol. The Labute approximate surface area is 236 Å². The van der Waals surface area contributed by atoms with Crippen molar-refractivity contribution in [3.63, 3.8) is 0 Å². The van der Waals surface area contributed by atoms with E-state index in [9.17, 15) is 4.79 Å². The number of carbonyl (C=O) groups is 1. The molecule has 1 aliphatic rings. The van der Waals surface area contributed by atoms with Crippen LogP contribution in [-0.2, 0) is 9.53 Å². The Balaban J connectivity index is 1.63. The van der Waals surface area contributed by atoms with Gasteiger partial charge in [0.2, 0.25) is 5.90 Å². The van der Waals surface area contributed by atoms with E-state index in [1.54, 1.807) is 6.08 Å². The highest BCUT2D eigenvalue weighted by molar-refractivity contribution is 6.01. The van der Waals surface area contributed by atoms with E-state index in [4.69, 9.17) is 19.6 Å². The van der Waals surface area contributed by atoms with Gasteiger partial charge in [0.1, 0.15) is 5.75 Å². The number of aliphatic hydroxyl groups is 1. The average Bonchev–Trinajstić information content (AvgIpc) is 3.39. The number of hydrogen-bond donors (Lipinski definition) is 3. The number of aliphatic imine (C=N–C) groups is 1. The zero-order valence-corrected chi connectivity index (χ0v) is 23.1. The zero-order valence-electron chi connectivity index (χ0n) is 23.1. The summed E-state index contributed by atoms with van der Waals surface area (Å²) in [5, 5.41) is 9.00. The maximum absolute atomic E-state index is 13.8. The highest BCUT2D eigenvalue weighted by Gasteiger charge is 2.52. The van der Waals surface area contributed by atoms with Crippen molar-refractivity contribution in [2.24, 2.45) is 4.99 Å².